The zero-order valence-corrected chi connectivity index (χ0v) is 22.4. The lowest BCUT2D eigenvalue weighted by Crippen LogP contribution is -2.48. The van der Waals surface area contributed by atoms with Crippen LogP contribution in [-0.4, -0.2) is 61.2 Å². The largest absolute Gasteiger partial charge is 0.322 e. The van der Waals surface area contributed by atoms with Crippen molar-refractivity contribution in [3.63, 3.8) is 0 Å². The summed E-state index contributed by atoms with van der Waals surface area (Å²) in [6.45, 7) is 8.67. The molecule has 0 radical (unpaired) electrons. The van der Waals surface area contributed by atoms with Crippen molar-refractivity contribution in [2.45, 2.75) is 64.6 Å². The Balaban J connectivity index is 1.37. The maximum Gasteiger partial charge on any atom is 0.253 e. The molecule has 1 aliphatic heterocycles. The van der Waals surface area contributed by atoms with Crippen molar-refractivity contribution < 1.29 is 0 Å². The molecule has 3 heterocycles. The van der Waals surface area contributed by atoms with Crippen LogP contribution in [0.15, 0.2) is 53.3 Å². The van der Waals surface area contributed by atoms with Crippen LogP contribution in [0.25, 0.3) is 10.9 Å². The average molecular weight is 512 g/mol. The minimum atomic E-state index is -0.292. The molecule has 1 atom stereocenters. The Morgan fingerprint density at radius 1 is 0.974 bits per heavy atom. The maximum absolute atomic E-state index is 13.7. The second-order valence-corrected chi connectivity index (χ2v) is 11.1. The summed E-state index contributed by atoms with van der Waals surface area (Å²) >= 11 is 0. The summed E-state index contributed by atoms with van der Waals surface area (Å²) in [7, 11) is 0. The standard InChI is InChI=1S/C30H37N7O/c1-21-17-22(2)25-19-26(30(38)31-27(25)18-21)28(29-32-33-34-37(29)24-11-7-4-8-12-24)36-15-13-35(14-16-36)20-23-9-5-3-6-10-23/h3,5-6,9-10,17-19,24,28H,4,7-8,11-16,20H2,1-2H3,(H,31,38). The van der Waals surface area contributed by atoms with Crippen LogP contribution in [0, 0.1) is 13.8 Å². The van der Waals surface area contributed by atoms with Gasteiger partial charge in [0.2, 0.25) is 0 Å². The molecular formula is C30H37N7O. The van der Waals surface area contributed by atoms with Gasteiger partial charge in [0, 0.05) is 49.2 Å². The fraction of sp³-hybridized carbons (Fsp3) is 0.467. The van der Waals surface area contributed by atoms with E-state index in [1.807, 2.05) is 4.68 Å². The van der Waals surface area contributed by atoms with Crippen LogP contribution in [0.1, 0.15) is 72.3 Å². The van der Waals surface area contributed by atoms with E-state index in [0.717, 1.165) is 79.0 Å². The van der Waals surface area contributed by atoms with E-state index in [0.29, 0.717) is 6.04 Å². The highest BCUT2D eigenvalue weighted by Gasteiger charge is 2.34. The lowest BCUT2D eigenvalue weighted by molar-refractivity contribution is 0.0982. The van der Waals surface area contributed by atoms with Gasteiger partial charge in [-0.1, -0.05) is 55.7 Å². The average Bonchev–Trinajstić information content (AvgIpc) is 3.41. The minimum absolute atomic E-state index is 0.0580. The molecule has 6 rings (SSSR count). The second-order valence-electron chi connectivity index (χ2n) is 11.1. The van der Waals surface area contributed by atoms with Crippen molar-refractivity contribution in [1.82, 2.24) is 35.0 Å². The van der Waals surface area contributed by atoms with Crippen LogP contribution in [0.4, 0.5) is 0 Å². The van der Waals surface area contributed by atoms with E-state index < -0.39 is 0 Å². The van der Waals surface area contributed by atoms with Gasteiger partial charge in [-0.05, 0) is 65.9 Å². The first kappa shape index (κ1) is 24.9. The van der Waals surface area contributed by atoms with Crippen LogP contribution in [0.2, 0.25) is 0 Å². The highest BCUT2D eigenvalue weighted by atomic mass is 16.1. The molecule has 8 nitrogen and oxygen atoms in total. The fourth-order valence-corrected chi connectivity index (χ4v) is 6.38. The molecule has 2 aromatic carbocycles. The molecule has 4 aromatic rings. The Morgan fingerprint density at radius 3 is 2.50 bits per heavy atom. The molecule has 2 fully saturated rings. The molecule has 1 saturated carbocycles. The number of nitrogens with one attached hydrogen (secondary N) is 1. The molecule has 1 N–H and O–H groups in total. The third-order valence-corrected chi connectivity index (χ3v) is 8.34. The first-order valence-electron chi connectivity index (χ1n) is 14.0. The topological polar surface area (TPSA) is 82.9 Å². The molecule has 0 bridgehead atoms. The third kappa shape index (κ3) is 5.02. The van der Waals surface area contributed by atoms with Crippen LogP contribution < -0.4 is 5.56 Å². The summed E-state index contributed by atoms with van der Waals surface area (Å²) in [4.78, 5) is 21.7. The number of fused-ring (bicyclic) bond motifs is 1. The van der Waals surface area contributed by atoms with E-state index in [1.54, 1.807) is 0 Å². The van der Waals surface area contributed by atoms with E-state index in [1.165, 1.54) is 24.8 Å². The number of aromatic nitrogens is 5. The SMILES string of the molecule is Cc1cc(C)c2cc(C(c3nnnn3C3CCCCC3)N3CCN(Cc4ccccc4)CC3)c(=O)[nH]c2c1. The van der Waals surface area contributed by atoms with Crippen molar-refractivity contribution >= 4 is 10.9 Å². The second kappa shape index (κ2) is 10.8. The number of tetrazole rings is 1. The van der Waals surface area contributed by atoms with Crippen molar-refractivity contribution in [2.24, 2.45) is 0 Å². The van der Waals surface area contributed by atoms with Gasteiger partial charge in [-0.25, -0.2) is 4.68 Å². The fourth-order valence-electron chi connectivity index (χ4n) is 6.38. The summed E-state index contributed by atoms with van der Waals surface area (Å²) in [5.41, 5.74) is 5.19. The summed E-state index contributed by atoms with van der Waals surface area (Å²) < 4.78 is 2.03. The van der Waals surface area contributed by atoms with Crippen LogP contribution in [0.5, 0.6) is 0 Å². The van der Waals surface area contributed by atoms with Crippen LogP contribution in [0.3, 0.4) is 0 Å². The normalized spacial score (nSPS) is 18.7. The lowest BCUT2D eigenvalue weighted by atomic mass is 9.94. The number of piperazine rings is 1. The van der Waals surface area contributed by atoms with Gasteiger partial charge in [0.15, 0.2) is 5.82 Å². The number of hydrogen-bond donors (Lipinski definition) is 1. The van der Waals surface area contributed by atoms with Gasteiger partial charge in [0.1, 0.15) is 6.04 Å². The molecule has 2 aliphatic rings. The zero-order valence-electron chi connectivity index (χ0n) is 22.4. The van der Waals surface area contributed by atoms with E-state index in [-0.39, 0.29) is 11.6 Å². The Morgan fingerprint density at radius 2 is 1.74 bits per heavy atom. The van der Waals surface area contributed by atoms with E-state index in [2.05, 4.69) is 92.7 Å². The summed E-state index contributed by atoms with van der Waals surface area (Å²) in [5, 5.41) is 14.3. The van der Waals surface area contributed by atoms with Gasteiger partial charge in [-0.2, -0.15) is 0 Å². The van der Waals surface area contributed by atoms with Gasteiger partial charge in [0.05, 0.1) is 6.04 Å². The van der Waals surface area contributed by atoms with Crippen LogP contribution >= 0.6 is 0 Å². The number of aryl methyl sites for hydroxylation is 2. The number of hydrogen-bond acceptors (Lipinski definition) is 6. The molecule has 198 valence electrons. The zero-order chi connectivity index (χ0) is 26.1. The monoisotopic (exact) mass is 511 g/mol. The van der Waals surface area contributed by atoms with E-state index in [4.69, 9.17) is 0 Å². The van der Waals surface area contributed by atoms with Gasteiger partial charge in [-0.15, -0.1) is 5.10 Å². The predicted molar refractivity (Wildman–Crippen MR) is 149 cm³/mol. The molecule has 0 amide bonds. The summed E-state index contributed by atoms with van der Waals surface area (Å²) in [6, 6.07) is 16.9. The molecule has 2 aromatic heterocycles. The Hall–Kier alpha value is -3.36. The van der Waals surface area contributed by atoms with Crippen molar-refractivity contribution in [1.29, 1.82) is 0 Å². The van der Waals surface area contributed by atoms with Crippen molar-refractivity contribution in [2.75, 3.05) is 26.2 Å². The molecule has 1 aliphatic carbocycles. The number of nitrogens with zero attached hydrogens (tertiary/aromatic N) is 6. The molecule has 1 unspecified atom stereocenters. The highest BCUT2D eigenvalue weighted by molar-refractivity contribution is 5.83. The Labute approximate surface area is 223 Å². The lowest BCUT2D eigenvalue weighted by Gasteiger charge is -2.39. The first-order valence-corrected chi connectivity index (χ1v) is 14.0. The highest BCUT2D eigenvalue weighted by Crippen LogP contribution is 2.34. The Bertz CT molecular complexity index is 1450. The predicted octanol–water partition coefficient (Wildman–Crippen LogP) is 4.54. The smallest absolute Gasteiger partial charge is 0.253 e. The van der Waals surface area contributed by atoms with Crippen molar-refractivity contribution in [3.05, 3.63) is 87.0 Å². The van der Waals surface area contributed by atoms with Crippen molar-refractivity contribution in [3.8, 4) is 0 Å². The van der Waals surface area contributed by atoms with Gasteiger partial charge < -0.3 is 4.98 Å². The molecular weight excluding hydrogens is 474 g/mol. The Kier molecular flexibility index (Phi) is 7.08. The number of aromatic amines is 1. The number of benzene rings is 2. The maximum atomic E-state index is 13.7. The minimum Gasteiger partial charge on any atom is -0.322 e. The van der Waals surface area contributed by atoms with Gasteiger partial charge >= 0.3 is 0 Å². The quantitative estimate of drug-likeness (QED) is 0.409. The molecule has 38 heavy (non-hydrogen) atoms. The molecule has 0 spiro atoms. The number of H-pyrrole nitrogens is 1. The van der Waals surface area contributed by atoms with E-state index in [9.17, 15) is 4.79 Å². The van der Waals surface area contributed by atoms with E-state index >= 15 is 0 Å². The summed E-state index contributed by atoms with van der Waals surface area (Å²) in [5.74, 6) is 0.794. The molecule has 1 saturated heterocycles. The summed E-state index contributed by atoms with van der Waals surface area (Å²) in [6.07, 6.45) is 5.83. The van der Waals surface area contributed by atoms with Crippen LogP contribution in [-0.2, 0) is 6.54 Å². The third-order valence-electron chi connectivity index (χ3n) is 8.34. The van der Waals surface area contributed by atoms with Gasteiger partial charge in [0.25, 0.3) is 5.56 Å². The number of pyridine rings is 1. The van der Waals surface area contributed by atoms with Gasteiger partial charge in [-0.3, -0.25) is 14.6 Å². The number of rotatable bonds is 6. The molecule has 8 heteroatoms. The first-order chi connectivity index (χ1) is 18.6.